The number of benzene rings is 2. The first-order chi connectivity index (χ1) is 14.2. The summed E-state index contributed by atoms with van der Waals surface area (Å²) in [4.78, 5) is 23.5. The number of carbonyl (C=O) groups excluding carboxylic acids is 2. The van der Waals surface area contributed by atoms with E-state index in [-0.39, 0.29) is 30.5 Å². The average molecular weight is 428 g/mol. The molecule has 0 aromatic heterocycles. The summed E-state index contributed by atoms with van der Waals surface area (Å²) in [5, 5.41) is 5.12. The SMILES string of the molecule is CC(CNC(=O)COc1cc(F)cc(F)c1)CNC(=O)COc1cc(F)cc(F)c1. The molecular weight excluding hydrogens is 408 g/mol. The monoisotopic (exact) mass is 428 g/mol. The predicted octanol–water partition coefficient (Wildman–Crippen LogP) is 2.57. The summed E-state index contributed by atoms with van der Waals surface area (Å²) in [5.41, 5.74) is 0. The van der Waals surface area contributed by atoms with Gasteiger partial charge in [-0.3, -0.25) is 9.59 Å². The summed E-state index contributed by atoms with van der Waals surface area (Å²) in [6, 6.07) is 5.18. The van der Waals surface area contributed by atoms with E-state index in [4.69, 9.17) is 9.47 Å². The lowest BCUT2D eigenvalue weighted by molar-refractivity contribution is -0.123. The van der Waals surface area contributed by atoms with Crippen molar-refractivity contribution in [3.05, 3.63) is 59.7 Å². The minimum absolute atomic E-state index is 0.110. The number of halogens is 4. The van der Waals surface area contributed by atoms with Crippen LogP contribution in [0.3, 0.4) is 0 Å². The number of ether oxygens (including phenoxy) is 2. The fourth-order valence-electron chi connectivity index (χ4n) is 2.27. The highest BCUT2D eigenvalue weighted by Crippen LogP contribution is 2.16. The van der Waals surface area contributed by atoms with Crippen LogP contribution in [-0.2, 0) is 9.59 Å². The Balaban J connectivity index is 1.63. The van der Waals surface area contributed by atoms with Crippen LogP contribution in [0.4, 0.5) is 17.6 Å². The van der Waals surface area contributed by atoms with Crippen LogP contribution in [-0.4, -0.2) is 38.1 Å². The molecule has 2 aromatic rings. The molecule has 0 atom stereocenters. The molecule has 0 aliphatic rings. The highest BCUT2D eigenvalue weighted by Gasteiger charge is 2.10. The Morgan fingerprint density at radius 3 is 1.40 bits per heavy atom. The van der Waals surface area contributed by atoms with E-state index in [9.17, 15) is 27.2 Å². The quantitative estimate of drug-likeness (QED) is 0.571. The molecule has 0 fully saturated rings. The van der Waals surface area contributed by atoms with Crippen LogP contribution < -0.4 is 20.1 Å². The Labute approximate surface area is 170 Å². The maximum absolute atomic E-state index is 13.0. The molecule has 10 heteroatoms. The van der Waals surface area contributed by atoms with Gasteiger partial charge in [0.15, 0.2) is 13.2 Å². The molecule has 0 aliphatic heterocycles. The van der Waals surface area contributed by atoms with E-state index in [1.165, 1.54) is 0 Å². The second kappa shape index (κ2) is 11.0. The van der Waals surface area contributed by atoms with E-state index in [0.717, 1.165) is 24.3 Å². The Morgan fingerprint density at radius 1 is 0.733 bits per heavy atom. The topological polar surface area (TPSA) is 76.7 Å². The Bertz CT molecular complexity index is 783. The first-order valence-corrected chi connectivity index (χ1v) is 8.92. The number of hydrogen-bond donors (Lipinski definition) is 2. The first-order valence-electron chi connectivity index (χ1n) is 8.92. The molecule has 30 heavy (non-hydrogen) atoms. The third kappa shape index (κ3) is 8.38. The van der Waals surface area contributed by atoms with Crippen LogP contribution >= 0.6 is 0 Å². The number of carbonyl (C=O) groups is 2. The molecular formula is C20H20F4N2O4. The molecule has 2 aromatic carbocycles. The maximum Gasteiger partial charge on any atom is 0.257 e. The number of amides is 2. The molecule has 0 unspecified atom stereocenters. The Morgan fingerprint density at radius 2 is 1.07 bits per heavy atom. The molecule has 0 heterocycles. The third-order valence-electron chi connectivity index (χ3n) is 3.71. The summed E-state index contributed by atoms with van der Waals surface area (Å²) < 4.78 is 62.2. The summed E-state index contributed by atoms with van der Waals surface area (Å²) in [6.45, 7) is 1.30. The van der Waals surface area contributed by atoms with Gasteiger partial charge in [0.05, 0.1) is 0 Å². The Hall–Kier alpha value is -3.30. The fourth-order valence-corrected chi connectivity index (χ4v) is 2.27. The van der Waals surface area contributed by atoms with Crippen LogP contribution in [0.2, 0.25) is 0 Å². The lowest BCUT2D eigenvalue weighted by Gasteiger charge is -2.14. The van der Waals surface area contributed by atoms with Gasteiger partial charge in [-0.05, 0) is 5.92 Å². The van der Waals surface area contributed by atoms with E-state index in [0.29, 0.717) is 12.1 Å². The van der Waals surface area contributed by atoms with Crippen molar-refractivity contribution in [1.82, 2.24) is 10.6 Å². The molecule has 0 saturated carbocycles. The molecule has 0 bridgehead atoms. The largest absolute Gasteiger partial charge is 0.484 e. The van der Waals surface area contributed by atoms with Crippen molar-refractivity contribution in [1.29, 1.82) is 0 Å². The van der Waals surface area contributed by atoms with Gasteiger partial charge < -0.3 is 20.1 Å². The standard InChI is InChI=1S/C20H20F4N2O4/c1-12(8-25-19(27)10-29-17-4-13(21)2-14(22)5-17)9-26-20(28)11-30-18-6-15(23)3-16(24)7-18/h2-7,12H,8-11H2,1H3,(H,25,27)(H,26,28). The van der Waals surface area contributed by atoms with Gasteiger partial charge in [0.25, 0.3) is 11.8 Å². The summed E-state index contributed by atoms with van der Waals surface area (Å²) in [5.74, 6) is -4.66. The van der Waals surface area contributed by atoms with Gasteiger partial charge in [-0.15, -0.1) is 0 Å². The van der Waals surface area contributed by atoms with Crippen molar-refractivity contribution in [2.45, 2.75) is 6.92 Å². The lowest BCUT2D eigenvalue weighted by Crippen LogP contribution is -2.38. The van der Waals surface area contributed by atoms with Crippen LogP contribution in [0.15, 0.2) is 36.4 Å². The second-order valence-corrected chi connectivity index (χ2v) is 6.50. The van der Waals surface area contributed by atoms with E-state index >= 15 is 0 Å². The van der Waals surface area contributed by atoms with Gasteiger partial charge in [0.1, 0.15) is 34.8 Å². The van der Waals surface area contributed by atoms with Gasteiger partial charge in [-0.2, -0.15) is 0 Å². The molecule has 0 radical (unpaired) electrons. The summed E-state index contributed by atoms with van der Waals surface area (Å²) >= 11 is 0. The molecule has 0 aliphatic carbocycles. The number of rotatable bonds is 10. The first kappa shape index (κ1) is 23.0. The molecule has 6 nitrogen and oxygen atoms in total. The van der Waals surface area contributed by atoms with Crippen molar-refractivity contribution in [3.63, 3.8) is 0 Å². The number of nitrogens with one attached hydrogen (secondary N) is 2. The van der Waals surface area contributed by atoms with Crippen molar-refractivity contribution < 1.29 is 36.6 Å². The molecule has 0 saturated heterocycles. The van der Waals surface area contributed by atoms with E-state index in [1.807, 2.05) is 0 Å². The fraction of sp³-hybridized carbons (Fsp3) is 0.300. The van der Waals surface area contributed by atoms with Gasteiger partial charge in [0.2, 0.25) is 0 Å². The van der Waals surface area contributed by atoms with Crippen LogP contribution in [0, 0.1) is 29.2 Å². The van der Waals surface area contributed by atoms with Gasteiger partial charge in [-0.25, -0.2) is 17.6 Å². The predicted molar refractivity (Wildman–Crippen MR) is 98.9 cm³/mol. The lowest BCUT2D eigenvalue weighted by atomic mass is 10.2. The van der Waals surface area contributed by atoms with Crippen LogP contribution in [0.1, 0.15) is 6.92 Å². The maximum atomic E-state index is 13.0. The van der Waals surface area contributed by atoms with Crippen molar-refractivity contribution in [2.24, 2.45) is 5.92 Å². The highest BCUT2D eigenvalue weighted by molar-refractivity contribution is 5.78. The summed E-state index contributed by atoms with van der Waals surface area (Å²) in [6.07, 6.45) is 0. The molecule has 2 amide bonds. The zero-order chi connectivity index (χ0) is 22.1. The van der Waals surface area contributed by atoms with Gasteiger partial charge in [0, 0.05) is 49.5 Å². The van der Waals surface area contributed by atoms with Gasteiger partial charge >= 0.3 is 0 Å². The van der Waals surface area contributed by atoms with Crippen LogP contribution in [0.25, 0.3) is 0 Å². The van der Waals surface area contributed by atoms with E-state index in [2.05, 4.69) is 10.6 Å². The molecule has 2 N–H and O–H groups in total. The molecule has 2 rings (SSSR count). The highest BCUT2D eigenvalue weighted by atomic mass is 19.1. The summed E-state index contributed by atoms with van der Waals surface area (Å²) in [7, 11) is 0. The molecule has 162 valence electrons. The van der Waals surface area contributed by atoms with Crippen molar-refractivity contribution >= 4 is 11.8 Å². The van der Waals surface area contributed by atoms with Crippen molar-refractivity contribution in [3.8, 4) is 11.5 Å². The molecule has 0 spiro atoms. The minimum atomic E-state index is -0.818. The second-order valence-electron chi connectivity index (χ2n) is 6.50. The average Bonchev–Trinajstić information content (AvgIpc) is 2.66. The minimum Gasteiger partial charge on any atom is -0.484 e. The zero-order valence-corrected chi connectivity index (χ0v) is 16.0. The normalized spacial score (nSPS) is 10.6. The van der Waals surface area contributed by atoms with E-state index in [1.54, 1.807) is 6.92 Å². The Kier molecular flexibility index (Phi) is 8.45. The van der Waals surface area contributed by atoms with E-state index < -0.39 is 48.3 Å². The zero-order valence-electron chi connectivity index (χ0n) is 16.0. The third-order valence-corrected chi connectivity index (χ3v) is 3.71. The number of hydrogen-bond acceptors (Lipinski definition) is 4. The van der Waals surface area contributed by atoms with Crippen molar-refractivity contribution in [2.75, 3.05) is 26.3 Å². The van der Waals surface area contributed by atoms with Gasteiger partial charge in [-0.1, -0.05) is 6.92 Å². The smallest absolute Gasteiger partial charge is 0.257 e. The van der Waals surface area contributed by atoms with Crippen LogP contribution in [0.5, 0.6) is 11.5 Å².